The lowest BCUT2D eigenvalue weighted by atomic mass is 9.97. The van der Waals surface area contributed by atoms with Gasteiger partial charge in [0, 0.05) is 15.6 Å². The van der Waals surface area contributed by atoms with Gasteiger partial charge in [0.2, 0.25) is 0 Å². The molecule has 106 valence electrons. The zero-order chi connectivity index (χ0) is 14.7. The van der Waals surface area contributed by atoms with E-state index >= 15 is 0 Å². The van der Waals surface area contributed by atoms with Gasteiger partial charge >= 0.3 is 0 Å². The monoisotopic (exact) mass is 343 g/mol. The largest absolute Gasteiger partial charge is 0.306 e. The summed E-state index contributed by atoms with van der Waals surface area (Å²) in [6, 6.07) is 7.65. The first-order valence-electron chi connectivity index (χ1n) is 6.17. The summed E-state index contributed by atoms with van der Waals surface area (Å²) in [6.07, 6.45) is 0. The van der Waals surface area contributed by atoms with Crippen molar-refractivity contribution in [2.75, 3.05) is 6.54 Å². The lowest BCUT2D eigenvalue weighted by Crippen LogP contribution is -2.24. The van der Waals surface area contributed by atoms with Gasteiger partial charge in [-0.25, -0.2) is 13.2 Å². The second-order valence-electron chi connectivity index (χ2n) is 4.27. The van der Waals surface area contributed by atoms with E-state index in [4.69, 9.17) is 0 Å². The van der Waals surface area contributed by atoms with Crippen molar-refractivity contribution in [3.05, 3.63) is 69.4 Å². The molecule has 2 rings (SSSR count). The Balaban J connectivity index is 2.60. The molecule has 0 radical (unpaired) electrons. The molecule has 1 nitrogen and oxygen atoms in total. The summed E-state index contributed by atoms with van der Waals surface area (Å²) in [7, 11) is 0. The van der Waals surface area contributed by atoms with Crippen LogP contribution in [0.25, 0.3) is 0 Å². The number of rotatable bonds is 4. The first-order chi connectivity index (χ1) is 9.56. The molecule has 0 aromatic heterocycles. The van der Waals surface area contributed by atoms with Crippen molar-refractivity contribution in [1.82, 2.24) is 5.32 Å². The Morgan fingerprint density at radius 1 is 1.05 bits per heavy atom. The van der Waals surface area contributed by atoms with Crippen LogP contribution in [-0.2, 0) is 0 Å². The number of benzene rings is 2. The van der Waals surface area contributed by atoms with Crippen molar-refractivity contribution in [3.63, 3.8) is 0 Å². The van der Waals surface area contributed by atoms with E-state index in [1.807, 2.05) is 6.92 Å². The van der Waals surface area contributed by atoms with Crippen LogP contribution in [0.5, 0.6) is 0 Å². The molecule has 0 spiro atoms. The summed E-state index contributed by atoms with van der Waals surface area (Å²) in [4.78, 5) is 0. The Morgan fingerprint density at radius 3 is 2.35 bits per heavy atom. The molecule has 0 aliphatic carbocycles. The van der Waals surface area contributed by atoms with E-state index in [1.165, 1.54) is 18.2 Å². The molecule has 5 heteroatoms. The fourth-order valence-corrected chi connectivity index (χ4v) is 2.67. The highest BCUT2D eigenvalue weighted by atomic mass is 79.9. The molecule has 0 saturated carbocycles. The van der Waals surface area contributed by atoms with Crippen LogP contribution in [0.4, 0.5) is 13.2 Å². The molecular weight excluding hydrogens is 331 g/mol. The van der Waals surface area contributed by atoms with Gasteiger partial charge in [-0.2, -0.15) is 0 Å². The maximum absolute atomic E-state index is 14.1. The second-order valence-corrected chi connectivity index (χ2v) is 5.12. The Kier molecular flexibility index (Phi) is 4.83. The Bertz CT molecular complexity index is 596. The molecule has 1 atom stereocenters. The average molecular weight is 344 g/mol. The topological polar surface area (TPSA) is 12.0 Å². The Hall–Kier alpha value is -1.33. The van der Waals surface area contributed by atoms with E-state index in [9.17, 15) is 13.2 Å². The van der Waals surface area contributed by atoms with Gasteiger partial charge in [0.25, 0.3) is 0 Å². The fraction of sp³-hybridized carbons (Fsp3) is 0.200. The molecule has 0 heterocycles. The van der Waals surface area contributed by atoms with Crippen molar-refractivity contribution in [2.24, 2.45) is 0 Å². The minimum atomic E-state index is -0.964. The van der Waals surface area contributed by atoms with Crippen LogP contribution in [-0.4, -0.2) is 6.54 Å². The summed E-state index contributed by atoms with van der Waals surface area (Å²) in [5.41, 5.74) is 0.344. The van der Waals surface area contributed by atoms with E-state index < -0.39 is 23.5 Å². The van der Waals surface area contributed by atoms with E-state index in [1.54, 1.807) is 12.1 Å². The van der Waals surface area contributed by atoms with Gasteiger partial charge < -0.3 is 5.32 Å². The maximum atomic E-state index is 14.1. The molecular formula is C15H13BrF3N. The minimum absolute atomic E-state index is 0.0812. The highest BCUT2D eigenvalue weighted by Gasteiger charge is 2.23. The number of nitrogens with one attached hydrogen (secondary N) is 1. The van der Waals surface area contributed by atoms with E-state index in [2.05, 4.69) is 21.2 Å². The summed E-state index contributed by atoms with van der Waals surface area (Å²) < 4.78 is 41.9. The molecule has 2 aromatic carbocycles. The SMILES string of the molecule is CCNC(c1cccc(F)c1F)c1c(F)cccc1Br. The van der Waals surface area contributed by atoms with Crippen molar-refractivity contribution in [3.8, 4) is 0 Å². The van der Waals surface area contributed by atoms with Gasteiger partial charge in [-0.15, -0.1) is 0 Å². The van der Waals surface area contributed by atoms with Crippen LogP contribution in [0.15, 0.2) is 40.9 Å². The number of hydrogen-bond donors (Lipinski definition) is 1. The van der Waals surface area contributed by atoms with Crippen molar-refractivity contribution in [2.45, 2.75) is 13.0 Å². The number of hydrogen-bond acceptors (Lipinski definition) is 1. The molecule has 20 heavy (non-hydrogen) atoms. The second kappa shape index (κ2) is 6.41. The van der Waals surface area contributed by atoms with Crippen molar-refractivity contribution < 1.29 is 13.2 Å². The van der Waals surface area contributed by atoms with Gasteiger partial charge in [-0.3, -0.25) is 0 Å². The van der Waals surface area contributed by atoms with Gasteiger partial charge in [0.15, 0.2) is 11.6 Å². The highest BCUT2D eigenvalue weighted by molar-refractivity contribution is 9.10. The summed E-state index contributed by atoms with van der Waals surface area (Å²) in [5, 5.41) is 2.99. The molecule has 2 aromatic rings. The minimum Gasteiger partial charge on any atom is -0.306 e. The normalized spacial score (nSPS) is 12.4. The highest BCUT2D eigenvalue weighted by Crippen LogP contribution is 2.32. The third-order valence-electron chi connectivity index (χ3n) is 2.99. The molecule has 0 fully saturated rings. The Morgan fingerprint density at radius 2 is 1.70 bits per heavy atom. The Labute approximate surface area is 123 Å². The summed E-state index contributed by atoms with van der Waals surface area (Å²) in [6.45, 7) is 2.31. The molecule has 0 aliphatic heterocycles. The average Bonchev–Trinajstić information content (AvgIpc) is 2.41. The van der Waals surface area contributed by atoms with Gasteiger partial charge in [-0.05, 0) is 24.7 Å². The van der Waals surface area contributed by atoms with Gasteiger partial charge in [0.05, 0.1) is 6.04 Å². The van der Waals surface area contributed by atoms with Crippen LogP contribution in [0.3, 0.4) is 0 Å². The third kappa shape index (κ3) is 2.88. The lowest BCUT2D eigenvalue weighted by Gasteiger charge is -2.21. The van der Waals surface area contributed by atoms with E-state index in [-0.39, 0.29) is 11.1 Å². The first kappa shape index (κ1) is 15.1. The van der Waals surface area contributed by atoms with Crippen LogP contribution in [0.2, 0.25) is 0 Å². The predicted octanol–water partition coefficient (Wildman–Crippen LogP) is 4.57. The van der Waals surface area contributed by atoms with Crippen molar-refractivity contribution in [1.29, 1.82) is 0 Å². The van der Waals surface area contributed by atoms with E-state index in [0.29, 0.717) is 11.0 Å². The third-order valence-corrected chi connectivity index (χ3v) is 3.68. The van der Waals surface area contributed by atoms with Gasteiger partial charge in [0.1, 0.15) is 5.82 Å². The summed E-state index contributed by atoms with van der Waals surface area (Å²) in [5.74, 6) is -2.39. The molecule has 0 saturated heterocycles. The van der Waals surface area contributed by atoms with Crippen LogP contribution in [0.1, 0.15) is 24.1 Å². The first-order valence-corrected chi connectivity index (χ1v) is 6.96. The smallest absolute Gasteiger partial charge is 0.163 e. The quantitative estimate of drug-likeness (QED) is 0.857. The maximum Gasteiger partial charge on any atom is 0.163 e. The zero-order valence-corrected chi connectivity index (χ0v) is 12.3. The molecule has 1 N–H and O–H groups in total. The standard InChI is InChI=1S/C15H13BrF3N/c1-2-20-15(9-5-3-8-12(18)14(9)19)13-10(16)6-4-7-11(13)17/h3-8,15,20H,2H2,1H3. The molecule has 0 amide bonds. The lowest BCUT2D eigenvalue weighted by molar-refractivity contribution is 0.476. The number of halogens is 4. The molecule has 1 unspecified atom stereocenters. The fourth-order valence-electron chi connectivity index (χ4n) is 2.10. The van der Waals surface area contributed by atoms with Crippen molar-refractivity contribution >= 4 is 15.9 Å². The summed E-state index contributed by atoms with van der Waals surface area (Å²) >= 11 is 3.26. The van der Waals surface area contributed by atoms with Crippen LogP contribution in [0, 0.1) is 17.5 Å². The molecule has 0 bridgehead atoms. The van der Waals surface area contributed by atoms with Gasteiger partial charge in [-0.1, -0.05) is 41.1 Å². The molecule has 0 aliphatic rings. The van der Waals surface area contributed by atoms with Crippen LogP contribution < -0.4 is 5.32 Å². The predicted molar refractivity (Wildman–Crippen MR) is 76.0 cm³/mol. The van der Waals surface area contributed by atoms with E-state index in [0.717, 1.165) is 6.07 Å². The zero-order valence-electron chi connectivity index (χ0n) is 10.8. The van der Waals surface area contributed by atoms with Crippen LogP contribution >= 0.6 is 15.9 Å².